The van der Waals surface area contributed by atoms with E-state index in [-0.39, 0.29) is 0 Å². The second kappa shape index (κ2) is 3.81. The summed E-state index contributed by atoms with van der Waals surface area (Å²) in [5.74, 6) is 1.85. The van der Waals surface area contributed by atoms with Crippen LogP contribution in [0.2, 0.25) is 0 Å². The Morgan fingerprint density at radius 3 is 2.80 bits per heavy atom. The number of rotatable bonds is 3. The molecule has 0 aliphatic heterocycles. The zero-order valence-electron chi connectivity index (χ0n) is 10.5. The minimum atomic E-state index is 0.598. The highest BCUT2D eigenvalue weighted by Gasteiger charge is 2.53. The van der Waals surface area contributed by atoms with Crippen LogP contribution in [0.1, 0.15) is 52.9 Å². The number of hydrogen-bond donors (Lipinski definition) is 0. The largest absolute Gasteiger partial charge is 0.0996 e. The standard InChI is InChI=1S/C15H24/c1-11(2)6-5-9-15(4)13-8-7-12(3)14(15)10-13/h6,13-14H,3,5,7-10H2,1-2,4H3/t13-,14+,15?/m1/s1. The molecule has 3 atom stereocenters. The third-order valence-electron chi connectivity index (χ3n) is 4.79. The third kappa shape index (κ3) is 1.79. The van der Waals surface area contributed by atoms with Crippen LogP contribution in [0, 0.1) is 17.3 Å². The molecule has 0 radical (unpaired) electrons. The SMILES string of the molecule is C=C1CC[C@@H]2C[C@@H]1C2(C)CCC=C(C)C. The summed E-state index contributed by atoms with van der Waals surface area (Å²) in [6.45, 7) is 11.1. The maximum atomic E-state index is 4.26. The van der Waals surface area contributed by atoms with E-state index in [1.165, 1.54) is 43.3 Å². The average molecular weight is 204 g/mol. The Morgan fingerprint density at radius 1 is 1.53 bits per heavy atom. The number of fused-ring (bicyclic) bond motifs is 2. The van der Waals surface area contributed by atoms with Crippen molar-refractivity contribution in [3.63, 3.8) is 0 Å². The van der Waals surface area contributed by atoms with E-state index in [4.69, 9.17) is 0 Å². The molecule has 3 saturated carbocycles. The van der Waals surface area contributed by atoms with Gasteiger partial charge in [-0.15, -0.1) is 0 Å². The summed E-state index contributed by atoms with van der Waals surface area (Å²) >= 11 is 0. The average Bonchev–Trinajstić information content (AvgIpc) is 2.16. The van der Waals surface area contributed by atoms with Gasteiger partial charge in [-0.2, -0.15) is 0 Å². The minimum absolute atomic E-state index is 0.598. The van der Waals surface area contributed by atoms with E-state index in [0.717, 1.165) is 11.8 Å². The molecule has 15 heavy (non-hydrogen) atoms. The first-order valence-electron chi connectivity index (χ1n) is 6.35. The van der Waals surface area contributed by atoms with Gasteiger partial charge in [-0.3, -0.25) is 0 Å². The highest BCUT2D eigenvalue weighted by Crippen LogP contribution is 2.63. The summed E-state index contributed by atoms with van der Waals surface area (Å²) in [4.78, 5) is 0. The fourth-order valence-corrected chi connectivity index (χ4v) is 3.61. The van der Waals surface area contributed by atoms with Gasteiger partial charge in [-0.25, -0.2) is 0 Å². The Bertz CT molecular complexity index is 291. The van der Waals surface area contributed by atoms with Gasteiger partial charge in [0.2, 0.25) is 0 Å². The molecule has 0 saturated heterocycles. The second-order valence-electron chi connectivity index (χ2n) is 6.01. The first kappa shape index (κ1) is 11.0. The Labute approximate surface area is 94.5 Å². The van der Waals surface area contributed by atoms with Crippen LogP contribution in [0.5, 0.6) is 0 Å². The van der Waals surface area contributed by atoms with E-state index in [9.17, 15) is 0 Å². The Balaban J connectivity index is 1.96. The lowest BCUT2D eigenvalue weighted by Gasteiger charge is -2.59. The monoisotopic (exact) mass is 204 g/mol. The second-order valence-corrected chi connectivity index (χ2v) is 6.01. The van der Waals surface area contributed by atoms with Crippen molar-refractivity contribution in [2.24, 2.45) is 17.3 Å². The highest BCUT2D eigenvalue weighted by atomic mass is 14.6. The lowest BCUT2D eigenvalue weighted by molar-refractivity contribution is -0.0507. The maximum absolute atomic E-state index is 4.26. The summed E-state index contributed by atoms with van der Waals surface area (Å²) < 4.78 is 0. The van der Waals surface area contributed by atoms with Crippen molar-refractivity contribution in [3.8, 4) is 0 Å². The van der Waals surface area contributed by atoms with Crippen LogP contribution in [0.3, 0.4) is 0 Å². The van der Waals surface area contributed by atoms with Gasteiger partial charge in [-0.1, -0.05) is 30.7 Å². The van der Waals surface area contributed by atoms with Gasteiger partial charge in [0, 0.05) is 0 Å². The van der Waals surface area contributed by atoms with Gasteiger partial charge < -0.3 is 0 Å². The molecular formula is C15H24. The topological polar surface area (TPSA) is 0 Å². The molecule has 3 aliphatic rings. The van der Waals surface area contributed by atoms with Crippen LogP contribution in [-0.4, -0.2) is 0 Å². The van der Waals surface area contributed by atoms with Gasteiger partial charge in [0.1, 0.15) is 0 Å². The molecule has 3 rings (SSSR count). The molecule has 3 fully saturated rings. The molecule has 84 valence electrons. The van der Waals surface area contributed by atoms with Gasteiger partial charge in [0.05, 0.1) is 0 Å². The molecule has 0 amide bonds. The van der Waals surface area contributed by atoms with Crippen molar-refractivity contribution in [1.82, 2.24) is 0 Å². The van der Waals surface area contributed by atoms with Crippen LogP contribution in [0.4, 0.5) is 0 Å². The van der Waals surface area contributed by atoms with Crippen molar-refractivity contribution < 1.29 is 0 Å². The third-order valence-corrected chi connectivity index (χ3v) is 4.79. The molecule has 3 aliphatic carbocycles. The van der Waals surface area contributed by atoms with Crippen LogP contribution in [-0.2, 0) is 0 Å². The fraction of sp³-hybridized carbons (Fsp3) is 0.733. The maximum Gasteiger partial charge on any atom is -0.0146 e. The molecular weight excluding hydrogens is 180 g/mol. The van der Waals surface area contributed by atoms with Crippen LogP contribution in [0.15, 0.2) is 23.8 Å². The number of hydrogen-bond acceptors (Lipinski definition) is 0. The van der Waals surface area contributed by atoms with E-state index in [1.54, 1.807) is 0 Å². The Hall–Kier alpha value is -0.520. The quantitative estimate of drug-likeness (QED) is 0.583. The minimum Gasteiger partial charge on any atom is -0.0996 e. The van der Waals surface area contributed by atoms with E-state index in [2.05, 4.69) is 33.4 Å². The van der Waals surface area contributed by atoms with Crippen molar-refractivity contribution in [3.05, 3.63) is 23.8 Å². The van der Waals surface area contributed by atoms with Crippen LogP contribution in [0.25, 0.3) is 0 Å². The van der Waals surface area contributed by atoms with Gasteiger partial charge >= 0.3 is 0 Å². The van der Waals surface area contributed by atoms with Crippen LogP contribution >= 0.6 is 0 Å². The molecule has 0 heterocycles. The van der Waals surface area contributed by atoms with Crippen molar-refractivity contribution >= 4 is 0 Å². The van der Waals surface area contributed by atoms with Crippen molar-refractivity contribution in [2.75, 3.05) is 0 Å². The zero-order valence-corrected chi connectivity index (χ0v) is 10.5. The van der Waals surface area contributed by atoms with Gasteiger partial charge in [-0.05, 0) is 63.2 Å². The Morgan fingerprint density at radius 2 is 2.27 bits per heavy atom. The summed E-state index contributed by atoms with van der Waals surface area (Å²) in [7, 11) is 0. The molecule has 0 nitrogen and oxygen atoms in total. The molecule has 0 spiro atoms. The molecule has 0 aromatic rings. The first-order valence-corrected chi connectivity index (χ1v) is 6.35. The summed E-state index contributed by atoms with van der Waals surface area (Å²) in [5.41, 5.74) is 3.60. The van der Waals surface area contributed by atoms with Crippen molar-refractivity contribution in [2.45, 2.75) is 52.9 Å². The highest BCUT2D eigenvalue weighted by molar-refractivity contribution is 5.20. The van der Waals surface area contributed by atoms with E-state index in [0.29, 0.717) is 5.41 Å². The molecule has 0 heteroatoms. The smallest absolute Gasteiger partial charge is 0.0146 e. The van der Waals surface area contributed by atoms with Crippen LogP contribution < -0.4 is 0 Å². The van der Waals surface area contributed by atoms with E-state index < -0.39 is 0 Å². The van der Waals surface area contributed by atoms with E-state index in [1.807, 2.05) is 0 Å². The molecule has 1 unspecified atom stereocenters. The predicted octanol–water partition coefficient (Wildman–Crippen LogP) is 4.73. The molecule has 2 bridgehead atoms. The molecule has 0 N–H and O–H groups in total. The van der Waals surface area contributed by atoms with Crippen molar-refractivity contribution in [1.29, 1.82) is 0 Å². The zero-order chi connectivity index (χ0) is 11.1. The molecule has 0 aromatic heterocycles. The summed E-state index contributed by atoms with van der Waals surface area (Å²) in [5, 5.41) is 0. The molecule has 0 aromatic carbocycles. The summed E-state index contributed by atoms with van der Waals surface area (Å²) in [6, 6.07) is 0. The van der Waals surface area contributed by atoms with E-state index >= 15 is 0 Å². The van der Waals surface area contributed by atoms with Gasteiger partial charge in [0.25, 0.3) is 0 Å². The summed E-state index contributed by atoms with van der Waals surface area (Å²) in [6.07, 6.45) is 9.16. The van der Waals surface area contributed by atoms with Gasteiger partial charge in [0.15, 0.2) is 0 Å². The first-order chi connectivity index (χ1) is 7.04. The normalized spacial score (nSPS) is 38.5. The lowest BCUT2D eigenvalue weighted by atomic mass is 9.45. The fourth-order valence-electron chi connectivity index (χ4n) is 3.61. The lowest BCUT2D eigenvalue weighted by Crippen LogP contribution is -2.50. The predicted molar refractivity (Wildman–Crippen MR) is 66.7 cm³/mol. The Kier molecular flexibility index (Phi) is 2.79. The number of allylic oxidation sites excluding steroid dienone is 3.